The lowest BCUT2D eigenvalue weighted by Gasteiger charge is -2.30. The third-order valence-corrected chi connectivity index (χ3v) is 5.68. The predicted molar refractivity (Wildman–Crippen MR) is 108 cm³/mol. The molecule has 0 amide bonds. The molecular weight excluding hydrogens is 378 g/mol. The predicted octanol–water partition coefficient (Wildman–Crippen LogP) is 4.44. The minimum Gasteiger partial charge on any atom is -0.478 e. The van der Waals surface area contributed by atoms with E-state index in [1.807, 2.05) is 18.2 Å². The normalized spacial score (nSPS) is 19.5. The van der Waals surface area contributed by atoms with Crippen molar-refractivity contribution in [1.29, 1.82) is 0 Å². The molecule has 5 nitrogen and oxygen atoms in total. The molecule has 6 heteroatoms. The van der Waals surface area contributed by atoms with Gasteiger partial charge >= 0.3 is 0 Å². The van der Waals surface area contributed by atoms with Gasteiger partial charge in [-0.05, 0) is 42.7 Å². The van der Waals surface area contributed by atoms with Gasteiger partial charge < -0.3 is 13.9 Å². The van der Waals surface area contributed by atoms with E-state index in [-0.39, 0.29) is 11.5 Å². The molecule has 0 bridgehead atoms. The van der Waals surface area contributed by atoms with E-state index in [0.29, 0.717) is 34.8 Å². The van der Waals surface area contributed by atoms with Gasteiger partial charge in [-0.25, -0.2) is 0 Å². The number of halogens is 1. The van der Waals surface area contributed by atoms with Crippen LogP contribution in [0.5, 0.6) is 5.75 Å². The van der Waals surface area contributed by atoms with Gasteiger partial charge in [-0.2, -0.15) is 0 Å². The average molecular weight is 398 g/mol. The summed E-state index contributed by atoms with van der Waals surface area (Å²) in [6, 6.07) is 10.8. The maximum Gasteiger partial charge on any atom is 0.200 e. The Morgan fingerprint density at radius 2 is 2.00 bits per heavy atom. The summed E-state index contributed by atoms with van der Waals surface area (Å²) in [5, 5.41) is 1.19. The summed E-state index contributed by atoms with van der Waals surface area (Å²) in [6.07, 6.45) is 3.98. The van der Waals surface area contributed by atoms with Crippen LogP contribution in [0.1, 0.15) is 18.4 Å². The van der Waals surface area contributed by atoms with E-state index in [4.69, 9.17) is 25.5 Å². The first-order valence-electron chi connectivity index (χ1n) is 9.49. The average Bonchev–Trinajstić information content (AvgIpc) is 3.22. The summed E-state index contributed by atoms with van der Waals surface area (Å²) < 4.78 is 17.6. The first-order valence-corrected chi connectivity index (χ1v) is 9.87. The summed E-state index contributed by atoms with van der Waals surface area (Å²) >= 11 is 5.96. The molecule has 3 aromatic rings. The van der Waals surface area contributed by atoms with E-state index in [1.165, 1.54) is 6.26 Å². The highest BCUT2D eigenvalue weighted by molar-refractivity contribution is 6.30. The summed E-state index contributed by atoms with van der Waals surface area (Å²) in [4.78, 5) is 15.3. The molecule has 0 aliphatic carbocycles. The van der Waals surface area contributed by atoms with E-state index >= 15 is 0 Å². The van der Waals surface area contributed by atoms with Crippen molar-refractivity contribution in [2.24, 2.45) is 0 Å². The number of rotatable bonds is 3. The van der Waals surface area contributed by atoms with E-state index in [0.717, 1.165) is 42.9 Å². The maximum atomic E-state index is 13.1. The molecule has 144 valence electrons. The lowest BCUT2D eigenvalue weighted by atomic mass is 10.0. The fourth-order valence-electron chi connectivity index (χ4n) is 3.98. The molecule has 3 heterocycles. The van der Waals surface area contributed by atoms with E-state index in [1.54, 1.807) is 18.2 Å². The fraction of sp³-hybridized carbons (Fsp3) is 0.318. The SMILES string of the molecule is O=c1c(-c2ccc(Cl)cc2)coc2c3c(ccc12)OCN(C[C@@H]1CCCO1)C3. The maximum absolute atomic E-state index is 13.1. The van der Waals surface area contributed by atoms with Gasteiger partial charge in [-0.1, -0.05) is 23.7 Å². The van der Waals surface area contributed by atoms with Gasteiger partial charge in [0.25, 0.3) is 0 Å². The first-order chi connectivity index (χ1) is 13.7. The number of ether oxygens (including phenoxy) is 2. The number of hydrogen-bond donors (Lipinski definition) is 0. The Balaban J connectivity index is 1.51. The Labute approximate surface area is 167 Å². The lowest BCUT2D eigenvalue weighted by Crippen LogP contribution is -2.37. The van der Waals surface area contributed by atoms with Crippen molar-refractivity contribution in [2.75, 3.05) is 19.9 Å². The number of hydrogen-bond acceptors (Lipinski definition) is 5. The minimum atomic E-state index is -0.0531. The minimum absolute atomic E-state index is 0.0531. The van der Waals surface area contributed by atoms with Gasteiger partial charge in [0, 0.05) is 24.7 Å². The van der Waals surface area contributed by atoms with E-state index in [2.05, 4.69) is 4.90 Å². The van der Waals surface area contributed by atoms with Crippen LogP contribution in [0.4, 0.5) is 0 Å². The van der Waals surface area contributed by atoms with E-state index in [9.17, 15) is 4.79 Å². The monoisotopic (exact) mass is 397 g/mol. The van der Waals surface area contributed by atoms with Gasteiger partial charge in [0.2, 0.25) is 5.43 Å². The van der Waals surface area contributed by atoms with Crippen molar-refractivity contribution in [3.05, 3.63) is 63.5 Å². The van der Waals surface area contributed by atoms with Gasteiger partial charge in [0.05, 0.1) is 22.6 Å². The molecule has 0 saturated carbocycles. The zero-order chi connectivity index (χ0) is 19.1. The molecule has 0 N–H and O–H groups in total. The van der Waals surface area contributed by atoms with Crippen LogP contribution < -0.4 is 10.2 Å². The van der Waals surface area contributed by atoms with Crippen LogP contribution in [0, 0.1) is 0 Å². The van der Waals surface area contributed by atoms with Gasteiger partial charge in [-0.15, -0.1) is 0 Å². The number of benzene rings is 2. The zero-order valence-corrected chi connectivity index (χ0v) is 16.1. The van der Waals surface area contributed by atoms with Crippen LogP contribution in [0.3, 0.4) is 0 Å². The number of fused-ring (bicyclic) bond motifs is 3. The van der Waals surface area contributed by atoms with Crippen LogP contribution >= 0.6 is 11.6 Å². The molecule has 5 rings (SSSR count). The van der Waals surface area contributed by atoms with Crippen LogP contribution in [-0.2, 0) is 11.3 Å². The molecule has 2 aliphatic heterocycles. The summed E-state index contributed by atoms with van der Waals surface area (Å²) in [7, 11) is 0. The summed E-state index contributed by atoms with van der Waals surface area (Å²) in [6.45, 7) is 2.85. The molecule has 0 spiro atoms. The van der Waals surface area contributed by atoms with Crippen molar-refractivity contribution in [3.63, 3.8) is 0 Å². The highest BCUT2D eigenvalue weighted by atomic mass is 35.5. The van der Waals surface area contributed by atoms with Crippen molar-refractivity contribution in [1.82, 2.24) is 4.90 Å². The molecule has 1 saturated heterocycles. The number of nitrogens with zero attached hydrogens (tertiary/aromatic N) is 1. The first kappa shape index (κ1) is 17.7. The fourth-order valence-corrected chi connectivity index (χ4v) is 4.10. The topological polar surface area (TPSA) is 51.9 Å². The van der Waals surface area contributed by atoms with Crippen LogP contribution in [-0.4, -0.2) is 30.9 Å². The Bertz CT molecular complexity index is 1070. The molecule has 1 aromatic heterocycles. The Kier molecular flexibility index (Phi) is 4.59. The quantitative estimate of drug-likeness (QED) is 0.653. The standard InChI is InChI=1S/C22H20ClNO4/c23-15-5-3-14(4-6-15)19-12-27-22-17(21(19)25)7-8-20-18(22)11-24(13-28-20)10-16-2-1-9-26-16/h3-8,12,16H,1-2,9-11,13H2/t16-/m0/s1. The molecule has 0 unspecified atom stereocenters. The van der Waals surface area contributed by atoms with Crippen molar-refractivity contribution >= 4 is 22.6 Å². The zero-order valence-electron chi connectivity index (χ0n) is 15.3. The van der Waals surface area contributed by atoms with Crippen molar-refractivity contribution in [3.8, 4) is 16.9 Å². The summed E-state index contributed by atoms with van der Waals surface area (Å²) in [5.41, 5.74) is 2.77. The molecule has 2 aromatic carbocycles. The summed E-state index contributed by atoms with van der Waals surface area (Å²) in [5.74, 6) is 0.776. The molecule has 0 radical (unpaired) electrons. The molecular formula is C22H20ClNO4. The Morgan fingerprint density at radius 3 is 2.79 bits per heavy atom. The third-order valence-electron chi connectivity index (χ3n) is 5.43. The van der Waals surface area contributed by atoms with E-state index < -0.39 is 0 Å². The van der Waals surface area contributed by atoms with Gasteiger partial charge in [0.1, 0.15) is 24.3 Å². The largest absolute Gasteiger partial charge is 0.478 e. The van der Waals surface area contributed by atoms with Crippen LogP contribution in [0.15, 0.2) is 51.9 Å². The van der Waals surface area contributed by atoms with Gasteiger partial charge in [-0.3, -0.25) is 9.69 Å². The molecule has 2 aliphatic rings. The van der Waals surface area contributed by atoms with Crippen molar-refractivity contribution in [2.45, 2.75) is 25.5 Å². The van der Waals surface area contributed by atoms with Crippen molar-refractivity contribution < 1.29 is 13.9 Å². The second-order valence-corrected chi connectivity index (χ2v) is 7.76. The van der Waals surface area contributed by atoms with Gasteiger partial charge in [0.15, 0.2) is 0 Å². The highest BCUT2D eigenvalue weighted by Gasteiger charge is 2.26. The molecule has 28 heavy (non-hydrogen) atoms. The second kappa shape index (κ2) is 7.24. The highest BCUT2D eigenvalue weighted by Crippen LogP contribution is 2.33. The Hall–Kier alpha value is -2.34. The van der Waals surface area contributed by atoms with Crippen LogP contribution in [0.2, 0.25) is 5.02 Å². The molecule has 1 atom stereocenters. The third kappa shape index (κ3) is 3.20. The second-order valence-electron chi connectivity index (χ2n) is 7.32. The Morgan fingerprint density at radius 1 is 1.14 bits per heavy atom. The smallest absolute Gasteiger partial charge is 0.200 e. The van der Waals surface area contributed by atoms with Crippen LogP contribution in [0.25, 0.3) is 22.1 Å². The lowest BCUT2D eigenvalue weighted by molar-refractivity contribution is 0.0281. The molecule has 1 fully saturated rings.